The van der Waals surface area contributed by atoms with Crippen molar-refractivity contribution in [3.8, 4) is 0 Å². The van der Waals surface area contributed by atoms with E-state index in [9.17, 15) is 9.18 Å². The first-order chi connectivity index (χ1) is 10.3. The van der Waals surface area contributed by atoms with Crippen molar-refractivity contribution in [2.45, 2.75) is 51.6 Å². The quantitative estimate of drug-likeness (QED) is 0.933. The largest absolute Gasteiger partial charge is 0.444 e. The molecule has 0 radical (unpaired) electrons. The van der Waals surface area contributed by atoms with Crippen LogP contribution in [-0.2, 0) is 11.3 Å². The van der Waals surface area contributed by atoms with Gasteiger partial charge in [-0.15, -0.1) is 0 Å². The minimum Gasteiger partial charge on any atom is -0.444 e. The lowest BCUT2D eigenvalue weighted by molar-refractivity contribution is 0.00934. The third kappa shape index (κ3) is 4.98. The van der Waals surface area contributed by atoms with E-state index in [0.29, 0.717) is 19.5 Å². The SMILES string of the molecule is CC(C)(C)OC(=O)N1CC[C@@H](NCc2ccccc2)[C@@H](F)C1. The number of ether oxygens (including phenoxy) is 1. The molecule has 1 aromatic rings. The Labute approximate surface area is 131 Å². The number of carbonyl (C=O) groups excluding carboxylic acids is 1. The summed E-state index contributed by atoms with van der Waals surface area (Å²) in [6.45, 7) is 6.67. The van der Waals surface area contributed by atoms with Crippen molar-refractivity contribution < 1.29 is 13.9 Å². The first-order valence-electron chi connectivity index (χ1n) is 7.74. The van der Waals surface area contributed by atoms with Crippen LogP contribution in [0.15, 0.2) is 30.3 Å². The van der Waals surface area contributed by atoms with Crippen molar-refractivity contribution in [3.63, 3.8) is 0 Å². The van der Waals surface area contributed by atoms with Crippen LogP contribution < -0.4 is 5.32 Å². The number of hydrogen-bond donors (Lipinski definition) is 1. The van der Waals surface area contributed by atoms with Gasteiger partial charge < -0.3 is 15.0 Å². The van der Waals surface area contributed by atoms with E-state index in [4.69, 9.17) is 4.74 Å². The third-order valence-electron chi connectivity index (χ3n) is 3.60. The average Bonchev–Trinajstić information content (AvgIpc) is 2.45. The van der Waals surface area contributed by atoms with Crippen molar-refractivity contribution in [2.75, 3.05) is 13.1 Å². The Morgan fingerprint density at radius 1 is 1.36 bits per heavy atom. The Morgan fingerprint density at radius 3 is 2.64 bits per heavy atom. The van der Waals surface area contributed by atoms with Gasteiger partial charge in [-0.3, -0.25) is 0 Å². The van der Waals surface area contributed by atoms with Gasteiger partial charge in [-0.1, -0.05) is 30.3 Å². The fourth-order valence-electron chi connectivity index (χ4n) is 2.47. The van der Waals surface area contributed by atoms with Crippen molar-refractivity contribution in [1.82, 2.24) is 10.2 Å². The molecule has 0 saturated carbocycles. The average molecular weight is 308 g/mol. The van der Waals surface area contributed by atoms with Gasteiger partial charge in [-0.25, -0.2) is 9.18 Å². The molecular formula is C17H25FN2O2. The van der Waals surface area contributed by atoms with Gasteiger partial charge in [0.2, 0.25) is 0 Å². The highest BCUT2D eigenvalue weighted by atomic mass is 19.1. The van der Waals surface area contributed by atoms with Gasteiger partial charge in [0.05, 0.1) is 6.54 Å². The van der Waals surface area contributed by atoms with Crippen LogP contribution >= 0.6 is 0 Å². The minimum atomic E-state index is -1.08. The van der Waals surface area contributed by atoms with E-state index in [-0.39, 0.29) is 12.6 Å². The topological polar surface area (TPSA) is 41.6 Å². The van der Waals surface area contributed by atoms with Crippen molar-refractivity contribution >= 4 is 6.09 Å². The fraction of sp³-hybridized carbons (Fsp3) is 0.588. The first kappa shape index (κ1) is 16.7. The van der Waals surface area contributed by atoms with Crippen LogP contribution in [0.1, 0.15) is 32.8 Å². The van der Waals surface area contributed by atoms with Gasteiger partial charge in [-0.2, -0.15) is 0 Å². The summed E-state index contributed by atoms with van der Waals surface area (Å²) in [6.07, 6.45) is -0.922. The molecule has 0 aromatic heterocycles. The van der Waals surface area contributed by atoms with Gasteiger partial charge in [0.1, 0.15) is 11.8 Å². The normalized spacial score (nSPS) is 22.5. The molecular weight excluding hydrogens is 283 g/mol. The van der Waals surface area contributed by atoms with E-state index in [1.54, 1.807) is 0 Å². The van der Waals surface area contributed by atoms with Crippen molar-refractivity contribution in [3.05, 3.63) is 35.9 Å². The molecule has 4 nitrogen and oxygen atoms in total. The number of benzene rings is 1. The van der Waals surface area contributed by atoms with Crippen molar-refractivity contribution in [2.24, 2.45) is 0 Å². The molecule has 1 aromatic carbocycles. The molecule has 0 aliphatic carbocycles. The number of carbonyl (C=O) groups is 1. The van der Waals surface area contributed by atoms with Gasteiger partial charge in [0, 0.05) is 19.1 Å². The van der Waals surface area contributed by atoms with Gasteiger partial charge in [0.25, 0.3) is 0 Å². The number of hydrogen-bond acceptors (Lipinski definition) is 3. The maximum Gasteiger partial charge on any atom is 0.410 e. The summed E-state index contributed by atoms with van der Waals surface area (Å²) in [4.78, 5) is 13.4. The number of halogens is 1. The second-order valence-corrected chi connectivity index (χ2v) is 6.70. The molecule has 1 aliphatic rings. The maximum atomic E-state index is 14.3. The number of nitrogens with one attached hydrogen (secondary N) is 1. The lowest BCUT2D eigenvalue weighted by atomic mass is 10.0. The zero-order valence-corrected chi connectivity index (χ0v) is 13.5. The second kappa shape index (κ2) is 7.09. The number of alkyl halides is 1. The molecule has 1 heterocycles. The van der Waals surface area contributed by atoms with Gasteiger partial charge in [0.15, 0.2) is 0 Å². The molecule has 122 valence electrons. The van der Waals surface area contributed by atoms with Crippen LogP contribution in [0.5, 0.6) is 0 Å². The Morgan fingerprint density at radius 2 is 2.05 bits per heavy atom. The summed E-state index contributed by atoms with van der Waals surface area (Å²) >= 11 is 0. The number of rotatable bonds is 3. The van der Waals surface area contributed by atoms with Crippen LogP contribution in [0.3, 0.4) is 0 Å². The van der Waals surface area contributed by atoms with Gasteiger partial charge >= 0.3 is 6.09 Å². The zero-order chi connectivity index (χ0) is 16.2. The molecule has 22 heavy (non-hydrogen) atoms. The van der Waals surface area contributed by atoms with E-state index in [1.165, 1.54) is 4.90 Å². The predicted molar refractivity (Wildman–Crippen MR) is 84.4 cm³/mol. The summed E-state index contributed by atoms with van der Waals surface area (Å²) < 4.78 is 19.6. The second-order valence-electron chi connectivity index (χ2n) is 6.70. The lowest BCUT2D eigenvalue weighted by Gasteiger charge is -2.36. The first-order valence-corrected chi connectivity index (χ1v) is 7.74. The summed E-state index contributed by atoms with van der Waals surface area (Å²) in [5.41, 5.74) is 0.579. The summed E-state index contributed by atoms with van der Waals surface area (Å²) in [5.74, 6) is 0. The number of nitrogens with zero attached hydrogens (tertiary/aromatic N) is 1. The Kier molecular flexibility index (Phi) is 5.40. The van der Waals surface area contributed by atoms with Gasteiger partial charge in [-0.05, 0) is 32.8 Å². The predicted octanol–water partition coefficient (Wildman–Crippen LogP) is 3.12. The van der Waals surface area contributed by atoms with Crippen LogP contribution in [0, 0.1) is 0 Å². The smallest absolute Gasteiger partial charge is 0.410 e. The highest BCUT2D eigenvalue weighted by Gasteiger charge is 2.33. The van der Waals surface area contributed by atoms with Crippen LogP contribution in [0.2, 0.25) is 0 Å². The van der Waals surface area contributed by atoms with E-state index >= 15 is 0 Å². The molecule has 2 rings (SSSR count). The summed E-state index contributed by atoms with van der Waals surface area (Å²) in [6, 6.07) is 9.69. The molecule has 1 amide bonds. The third-order valence-corrected chi connectivity index (χ3v) is 3.60. The molecule has 1 aliphatic heterocycles. The highest BCUT2D eigenvalue weighted by Crippen LogP contribution is 2.18. The monoisotopic (exact) mass is 308 g/mol. The van der Waals surface area contributed by atoms with Crippen molar-refractivity contribution in [1.29, 1.82) is 0 Å². The standard InChI is InChI=1S/C17H25FN2O2/c1-17(2,3)22-16(21)20-10-9-15(14(18)12-20)19-11-13-7-5-4-6-8-13/h4-8,14-15,19H,9-12H2,1-3H3/t14-,15+/m0/s1. The molecule has 5 heteroatoms. The number of amides is 1. The number of piperidine rings is 1. The van der Waals surface area contributed by atoms with Crippen LogP contribution in [-0.4, -0.2) is 41.9 Å². The summed E-state index contributed by atoms with van der Waals surface area (Å²) in [5, 5.41) is 3.24. The number of likely N-dealkylation sites (tertiary alicyclic amines) is 1. The van der Waals surface area contributed by atoms with E-state index in [2.05, 4.69) is 5.32 Å². The van der Waals surface area contributed by atoms with Crippen LogP contribution in [0.25, 0.3) is 0 Å². The Hall–Kier alpha value is -1.62. The van der Waals surface area contributed by atoms with E-state index in [1.807, 2.05) is 51.1 Å². The molecule has 1 N–H and O–H groups in total. The molecule has 0 unspecified atom stereocenters. The zero-order valence-electron chi connectivity index (χ0n) is 13.5. The molecule has 0 bridgehead atoms. The summed E-state index contributed by atoms with van der Waals surface area (Å²) in [7, 11) is 0. The van der Waals surface area contributed by atoms with Crippen LogP contribution in [0.4, 0.5) is 9.18 Å². The van der Waals surface area contributed by atoms with E-state index in [0.717, 1.165) is 5.56 Å². The molecule has 2 atom stereocenters. The minimum absolute atomic E-state index is 0.0847. The van der Waals surface area contributed by atoms with E-state index < -0.39 is 17.9 Å². The fourth-order valence-corrected chi connectivity index (χ4v) is 2.47. The highest BCUT2D eigenvalue weighted by molar-refractivity contribution is 5.68. The molecule has 0 spiro atoms. The Balaban J connectivity index is 1.81. The molecule has 1 saturated heterocycles. The Bertz CT molecular complexity index is 487. The maximum absolute atomic E-state index is 14.3. The lowest BCUT2D eigenvalue weighted by Crippen LogP contribution is -2.53. The molecule has 1 fully saturated rings.